The molecule has 2 aromatic heterocycles. The Bertz CT molecular complexity index is 880. The summed E-state index contributed by atoms with van der Waals surface area (Å²) < 4.78 is 7.64. The molecular weight excluding hydrogens is 372 g/mol. The Kier molecular flexibility index (Phi) is 6.23. The Labute approximate surface area is 172 Å². The van der Waals surface area contributed by atoms with Gasteiger partial charge in [0.2, 0.25) is 0 Å². The van der Waals surface area contributed by atoms with Crippen LogP contribution in [-0.2, 0) is 18.4 Å². The third kappa shape index (κ3) is 4.64. The normalized spacial score (nSPS) is 14.4. The van der Waals surface area contributed by atoms with Crippen LogP contribution >= 0.6 is 11.6 Å². The van der Waals surface area contributed by atoms with Crippen molar-refractivity contribution in [2.45, 2.75) is 58.9 Å². The fourth-order valence-corrected chi connectivity index (χ4v) is 4.11. The lowest BCUT2D eigenvalue weighted by Crippen LogP contribution is -2.32. The van der Waals surface area contributed by atoms with Crippen molar-refractivity contribution < 1.29 is 4.42 Å². The highest BCUT2D eigenvalue weighted by molar-refractivity contribution is 6.31. The third-order valence-electron chi connectivity index (χ3n) is 5.14. The molecular formula is C22H29ClN4O. The Balaban J connectivity index is 2.03. The van der Waals surface area contributed by atoms with Gasteiger partial charge in [-0.05, 0) is 73.2 Å². The molecule has 3 aromatic rings. The molecule has 28 heavy (non-hydrogen) atoms. The van der Waals surface area contributed by atoms with Crippen molar-refractivity contribution in [2.75, 3.05) is 0 Å². The second-order valence-electron chi connectivity index (χ2n) is 8.73. The number of hydrogen-bond donors (Lipinski definition) is 0. The van der Waals surface area contributed by atoms with E-state index in [1.807, 2.05) is 35.0 Å². The van der Waals surface area contributed by atoms with Gasteiger partial charge < -0.3 is 4.42 Å². The van der Waals surface area contributed by atoms with E-state index < -0.39 is 0 Å². The van der Waals surface area contributed by atoms with Crippen molar-refractivity contribution in [2.24, 2.45) is 11.8 Å². The second-order valence-corrected chi connectivity index (χ2v) is 9.14. The lowest BCUT2D eigenvalue weighted by Gasteiger charge is -2.32. The van der Waals surface area contributed by atoms with E-state index in [2.05, 4.69) is 56.2 Å². The number of tetrazole rings is 1. The molecule has 3 rings (SSSR count). The average molecular weight is 401 g/mol. The number of benzene rings is 1. The van der Waals surface area contributed by atoms with Crippen LogP contribution in [0.15, 0.2) is 47.1 Å². The van der Waals surface area contributed by atoms with Gasteiger partial charge in [0, 0.05) is 17.4 Å². The summed E-state index contributed by atoms with van der Waals surface area (Å²) in [5, 5.41) is 13.6. The topological polar surface area (TPSA) is 56.7 Å². The molecule has 2 atom stereocenters. The SMILES string of the molecule is CC(C)C(c1nnnn1C(C)(C)C)C(Cc1ccco1)Cc1ccccc1Cl. The Morgan fingerprint density at radius 2 is 1.82 bits per heavy atom. The molecule has 0 aliphatic rings. The molecule has 0 saturated heterocycles. The fourth-order valence-electron chi connectivity index (χ4n) is 3.89. The fraction of sp³-hybridized carbons (Fsp3) is 0.500. The Morgan fingerprint density at radius 3 is 2.43 bits per heavy atom. The van der Waals surface area contributed by atoms with Crippen LogP contribution in [0.2, 0.25) is 5.02 Å². The second kappa shape index (κ2) is 8.48. The molecule has 0 bridgehead atoms. The zero-order valence-corrected chi connectivity index (χ0v) is 18.0. The third-order valence-corrected chi connectivity index (χ3v) is 5.51. The van der Waals surface area contributed by atoms with E-state index in [1.165, 1.54) is 0 Å². The first-order chi connectivity index (χ1) is 13.3. The van der Waals surface area contributed by atoms with Crippen molar-refractivity contribution in [1.82, 2.24) is 20.2 Å². The highest BCUT2D eigenvalue weighted by atomic mass is 35.5. The lowest BCUT2D eigenvalue weighted by molar-refractivity contribution is 0.264. The Hall–Kier alpha value is -2.14. The van der Waals surface area contributed by atoms with E-state index in [9.17, 15) is 0 Å². The number of rotatable bonds is 7. The molecule has 0 aliphatic carbocycles. The molecule has 6 heteroatoms. The van der Waals surface area contributed by atoms with Crippen molar-refractivity contribution in [3.05, 3.63) is 64.8 Å². The van der Waals surface area contributed by atoms with Crippen LogP contribution < -0.4 is 0 Å². The minimum atomic E-state index is -0.189. The van der Waals surface area contributed by atoms with Crippen molar-refractivity contribution in [3.63, 3.8) is 0 Å². The predicted molar refractivity (Wildman–Crippen MR) is 111 cm³/mol. The van der Waals surface area contributed by atoms with Crippen LogP contribution in [0.25, 0.3) is 0 Å². The van der Waals surface area contributed by atoms with Crippen LogP contribution in [0.5, 0.6) is 0 Å². The molecule has 0 aliphatic heterocycles. The van der Waals surface area contributed by atoms with Crippen LogP contribution in [0.3, 0.4) is 0 Å². The van der Waals surface area contributed by atoms with E-state index in [4.69, 9.17) is 16.0 Å². The van der Waals surface area contributed by atoms with Gasteiger partial charge in [-0.25, -0.2) is 4.68 Å². The molecule has 0 radical (unpaired) electrons. The van der Waals surface area contributed by atoms with Gasteiger partial charge in [0.1, 0.15) is 5.76 Å². The van der Waals surface area contributed by atoms with Gasteiger partial charge in [-0.3, -0.25) is 0 Å². The predicted octanol–water partition coefficient (Wildman–Crippen LogP) is 5.52. The molecule has 2 unspecified atom stereocenters. The van der Waals surface area contributed by atoms with E-state index in [0.29, 0.717) is 5.92 Å². The van der Waals surface area contributed by atoms with Crippen molar-refractivity contribution >= 4 is 11.6 Å². The maximum atomic E-state index is 6.49. The quantitative estimate of drug-likeness (QED) is 0.524. The van der Waals surface area contributed by atoms with Gasteiger partial charge in [-0.15, -0.1) is 5.10 Å². The molecule has 0 fully saturated rings. The summed E-state index contributed by atoms with van der Waals surface area (Å²) >= 11 is 6.49. The summed E-state index contributed by atoms with van der Waals surface area (Å²) in [5.41, 5.74) is 0.951. The first-order valence-electron chi connectivity index (χ1n) is 9.82. The van der Waals surface area contributed by atoms with Gasteiger partial charge in [0.15, 0.2) is 5.82 Å². The standard InChI is InChI=1S/C22H29ClN4O/c1-15(2)20(21-24-25-26-27(21)22(3,4)5)17(14-18-10-8-12-28-18)13-16-9-6-7-11-19(16)23/h6-12,15,17,20H,13-14H2,1-5H3. The van der Waals surface area contributed by atoms with Gasteiger partial charge in [0.25, 0.3) is 0 Å². The van der Waals surface area contributed by atoms with Crippen LogP contribution in [-0.4, -0.2) is 20.2 Å². The number of halogens is 1. The summed E-state index contributed by atoms with van der Waals surface area (Å²) in [6.07, 6.45) is 3.36. The summed E-state index contributed by atoms with van der Waals surface area (Å²) in [6, 6.07) is 12.0. The minimum Gasteiger partial charge on any atom is -0.469 e. The van der Waals surface area contributed by atoms with Crippen molar-refractivity contribution in [3.8, 4) is 0 Å². The first-order valence-corrected chi connectivity index (χ1v) is 10.2. The smallest absolute Gasteiger partial charge is 0.155 e. The van der Waals surface area contributed by atoms with E-state index in [0.717, 1.165) is 35.0 Å². The van der Waals surface area contributed by atoms with E-state index in [1.54, 1.807) is 6.26 Å². The van der Waals surface area contributed by atoms with E-state index in [-0.39, 0.29) is 17.4 Å². The summed E-state index contributed by atoms with van der Waals surface area (Å²) in [4.78, 5) is 0. The summed E-state index contributed by atoms with van der Waals surface area (Å²) in [7, 11) is 0. The van der Waals surface area contributed by atoms with Crippen LogP contribution in [0.1, 0.15) is 57.7 Å². The zero-order chi connectivity index (χ0) is 20.3. The Morgan fingerprint density at radius 1 is 1.07 bits per heavy atom. The van der Waals surface area contributed by atoms with Gasteiger partial charge >= 0.3 is 0 Å². The van der Waals surface area contributed by atoms with E-state index >= 15 is 0 Å². The highest BCUT2D eigenvalue weighted by Crippen LogP contribution is 2.37. The maximum Gasteiger partial charge on any atom is 0.155 e. The lowest BCUT2D eigenvalue weighted by atomic mass is 9.76. The van der Waals surface area contributed by atoms with Gasteiger partial charge in [-0.1, -0.05) is 43.6 Å². The van der Waals surface area contributed by atoms with Crippen LogP contribution in [0, 0.1) is 11.8 Å². The monoisotopic (exact) mass is 400 g/mol. The van der Waals surface area contributed by atoms with Crippen molar-refractivity contribution in [1.29, 1.82) is 0 Å². The number of nitrogens with zero attached hydrogens (tertiary/aromatic N) is 4. The molecule has 2 heterocycles. The molecule has 0 saturated carbocycles. The molecule has 5 nitrogen and oxygen atoms in total. The number of furan rings is 1. The number of hydrogen-bond acceptors (Lipinski definition) is 4. The summed E-state index contributed by atoms with van der Waals surface area (Å²) in [5.74, 6) is 2.66. The molecule has 150 valence electrons. The maximum absolute atomic E-state index is 6.49. The first kappa shape index (κ1) is 20.6. The van der Waals surface area contributed by atoms with Gasteiger partial charge in [0.05, 0.1) is 11.8 Å². The highest BCUT2D eigenvalue weighted by Gasteiger charge is 2.34. The summed E-state index contributed by atoms with van der Waals surface area (Å²) in [6.45, 7) is 10.8. The van der Waals surface area contributed by atoms with Gasteiger partial charge in [-0.2, -0.15) is 0 Å². The average Bonchev–Trinajstić information content (AvgIpc) is 3.28. The van der Waals surface area contributed by atoms with Crippen LogP contribution in [0.4, 0.5) is 0 Å². The molecule has 1 aromatic carbocycles. The minimum absolute atomic E-state index is 0.163. The molecule has 0 N–H and O–H groups in total. The molecule has 0 spiro atoms. The largest absolute Gasteiger partial charge is 0.469 e. The zero-order valence-electron chi connectivity index (χ0n) is 17.3. The molecule has 0 amide bonds. The number of aromatic nitrogens is 4.